The number of hydrogen-bond donors (Lipinski definition) is 2. The minimum Gasteiger partial charge on any atom is -0.496 e. The van der Waals surface area contributed by atoms with Gasteiger partial charge in [0.1, 0.15) is 5.75 Å². The molecule has 0 spiro atoms. The highest BCUT2D eigenvalue weighted by Crippen LogP contribution is 2.23. The van der Waals surface area contributed by atoms with Crippen molar-refractivity contribution in [3.05, 3.63) is 53.9 Å². The molecule has 1 fully saturated rings. The van der Waals surface area contributed by atoms with Crippen LogP contribution < -0.4 is 4.74 Å². The molecule has 2 N–H and O–H groups in total. The second kappa shape index (κ2) is 11.3. The van der Waals surface area contributed by atoms with Gasteiger partial charge >= 0.3 is 18.1 Å². The van der Waals surface area contributed by atoms with Crippen molar-refractivity contribution in [1.29, 1.82) is 0 Å². The first-order chi connectivity index (χ1) is 15.1. The molecular formula is C21H24F3N3O5. The molecule has 1 saturated heterocycles. The zero-order valence-electron chi connectivity index (χ0n) is 17.3. The molecule has 0 saturated carbocycles. The van der Waals surface area contributed by atoms with Crippen molar-refractivity contribution in [3.63, 3.8) is 0 Å². The summed E-state index contributed by atoms with van der Waals surface area (Å²) in [6.07, 6.45) is 2.89. The maximum atomic E-state index is 10.9. The van der Waals surface area contributed by atoms with Gasteiger partial charge in [-0.3, -0.25) is 9.58 Å². The minimum absolute atomic E-state index is 0.113. The SMILES string of the molecule is COc1ccccc1/C=C/CN1CCC(n2ccc(C(=O)O)n2)CC1.O=C(O)C(F)(F)F. The van der Waals surface area contributed by atoms with Gasteiger partial charge in [0.25, 0.3) is 0 Å². The summed E-state index contributed by atoms with van der Waals surface area (Å²) >= 11 is 0. The van der Waals surface area contributed by atoms with Gasteiger partial charge in [0.15, 0.2) is 5.69 Å². The van der Waals surface area contributed by atoms with Crippen LogP contribution in [-0.2, 0) is 4.79 Å². The summed E-state index contributed by atoms with van der Waals surface area (Å²) in [7, 11) is 1.68. The van der Waals surface area contributed by atoms with Gasteiger partial charge in [0.2, 0.25) is 0 Å². The molecule has 1 aliphatic heterocycles. The van der Waals surface area contributed by atoms with E-state index in [9.17, 15) is 18.0 Å². The van der Waals surface area contributed by atoms with Crippen molar-refractivity contribution < 1.29 is 37.7 Å². The van der Waals surface area contributed by atoms with Crippen LogP contribution in [0.25, 0.3) is 6.08 Å². The van der Waals surface area contributed by atoms with Crippen LogP contribution in [0.5, 0.6) is 5.75 Å². The molecule has 0 atom stereocenters. The lowest BCUT2D eigenvalue weighted by Crippen LogP contribution is -2.34. The van der Waals surface area contributed by atoms with Gasteiger partial charge in [-0.05, 0) is 25.0 Å². The number of halogens is 3. The minimum atomic E-state index is -5.08. The topological polar surface area (TPSA) is 105 Å². The van der Waals surface area contributed by atoms with Crippen molar-refractivity contribution in [2.24, 2.45) is 0 Å². The van der Waals surface area contributed by atoms with Crippen LogP contribution in [0.3, 0.4) is 0 Å². The van der Waals surface area contributed by atoms with E-state index < -0.39 is 18.1 Å². The summed E-state index contributed by atoms with van der Waals surface area (Å²) in [5.41, 5.74) is 1.19. The number of benzene rings is 1. The predicted octanol–water partition coefficient (Wildman–Crippen LogP) is 3.57. The number of hydrogen-bond acceptors (Lipinski definition) is 5. The average Bonchev–Trinajstić information content (AvgIpc) is 3.25. The lowest BCUT2D eigenvalue weighted by atomic mass is 10.1. The first-order valence-electron chi connectivity index (χ1n) is 9.72. The van der Waals surface area contributed by atoms with E-state index in [2.05, 4.69) is 22.2 Å². The van der Waals surface area contributed by atoms with Gasteiger partial charge in [0, 0.05) is 31.4 Å². The monoisotopic (exact) mass is 455 g/mol. The highest BCUT2D eigenvalue weighted by atomic mass is 19.4. The quantitative estimate of drug-likeness (QED) is 0.686. The smallest absolute Gasteiger partial charge is 0.490 e. The van der Waals surface area contributed by atoms with Gasteiger partial charge in [-0.2, -0.15) is 18.3 Å². The third kappa shape index (κ3) is 7.41. The van der Waals surface area contributed by atoms with E-state index in [-0.39, 0.29) is 11.7 Å². The van der Waals surface area contributed by atoms with E-state index in [0.29, 0.717) is 0 Å². The van der Waals surface area contributed by atoms with Crippen LogP contribution in [-0.4, -0.2) is 69.8 Å². The molecule has 1 aromatic heterocycles. The molecule has 1 aromatic carbocycles. The summed E-state index contributed by atoms with van der Waals surface area (Å²) in [6.45, 7) is 2.84. The molecule has 0 bridgehead atoms. The first kappa shape index (κ1) is 24.9. The van der Waals surface area contributed by atoms with E-state index in [1.807, 2.05) is 24.3 Å². The van der Waals surface area contributed by atoms with Gasteiger partial charge < -0.3 is 14.9 Å². The van der Waals surface area contributed by atoms with Crippen molar-refractivity contribution in [2.45, 2.75) is 25.1 Å². The summed E-state index contributed by atoms with van der Waals surface area (Å²) in [6, 6.07) is 9.81. The molecule has 3 rings (SSSR count). The molecule has 0 radical (unpaired) electrons. The van der Waals surface area contributed by atoms with Crippen LogP contribution in [0.1, 0.15) is 34.9 Å². The molecule has 2 aromatic rings. The number of carboxylic acids is 2. The number of methoxy groups -OCH3 is 1. The fourth-order valence-electron chi connectivity index (χ4n) is 3.15. The maximum absolute atomic E-state index is 10.9. The number of carbonyl (C=O) groups is 2. The summed E-state index contributed by atoms with van der Waals surface area (Å²) < 4.78 is 38.9. The summed E-state index contributed by atoms with van der Waals surface area (Å²) in [4.78, 5) is 22.2. The number of ether oxygens (including phenoxy) is 1. The fourth-order valence-corrected chi connectivity index (χ4v) is 3.15. The second-order valence-electron chi connectivity index (χ2n) is 6.97. The molecule has 0 unspecified atom stereocenters. The van der Waals surface area contributed by atoms with Crippen LogP contribution >= 0.6 is 0 Å². The lowest BCUT2D eigenvalue weighted by Gasteiger charge is -2.31. The van der Waals surface area contributed by atoms with Crippen molar-refractivity contribution in [1.82, 2.24) is 14.7 Å². The molecule has 1 aliphatic rings. The Kier molecular flexibility index (Phi) is 8.82. The van der Waals surface area contributed by atoms with E-state index in [0.717, 1.165) is 43.8 Å². The number of carboxylic acid groups (broad SMARTS) is 2. The number of likely N-dealkylation sites (tertiary alicyclic amines) is 1. The molecule has 174 valence electrons. The Bertz CT molecular complexity index is 935. The standard InChI is InChI=1S/C19H23N3O3.C2HF3O2/c1-25-18-7-3-2-5-15(18)6-4-11-21-12-8-16(9-13-21)22-14-10-17(20-22)19(23)24;3-2(4,5)1(6)7/h2-7,10,14,16H,8-9,11-13H2,1H3,(H,23,24);(H,6,7)/b6-4+;. The number of aromatic carboxylic acids is 1. The average molecular weight is 455 g/mol. The zero-order chi connectivity index (χ0) is 23.7. The summed E-state index contributed by atoms with van der Waals surface area (Å²) in [5, 5.41) is 20.2. The number of nitrogens with zero attached hydrogens (tertiary/aromatic N) is 3. The van der Waals surface area contributed by atoms with Crippen molar-refractivity contribution in [3.8, 4) is 5.75 Å². The first-order valence-corrected chi connectivity index (χ1v) is 9.72. The number of aliphatic carboxylic acids is 1. The highest BCUT2D eigenvalue weighted by Gasteiger charge is 2.38. The fraction of sp³-hybridized carbons (Fsp3) is 0.381. The second-order valence-corrected chi connectivity index (χ2v) is 6.97. The predicted molar refractivity (Wildman–Crippen MR) is 110 cm³/mol. The zero-order valence-corrected chi connectivity index (χ0v) is 17.3. The lowest BCUT2D eigenvalue weighted by molar-refractivity contribution is -0.192. The van der Waals surface area contributed by atoms with Crippen molar-refractivity contribution >= 4 is 18.0 Å². The van der Waals surface area contributed by atoms with Crippen LogP contribution in [0, 0.1) is 0 Å². The normalized spacial score (nSPS) is 15.2. The van der Waals surface area contributed by atoms with E-state index in [1.165, 1.54) is 0 Å². The van der Waals surface area contributed by atoms with Gasteiger partial charge in [0.05, 0.1) is 13.2 Å². The Labute approximate surface area is 182 Å². The van der Waals surface area contributed by atoms with E-state index in [4.69, 9.17) is 19.7 Å². The van der Waals surface area contributed by atoms with Gasteiger partial charge in [-0.25, -0.2) is 9.59 Å². The van der Waals surface area contributed by atoms with Crippen molar-refractivity contribution in [2.75, 3.05) is 26.7 Å². The summed E-state index contributed by atoms with van der Waals surface area (Å²) in [5.74, 6) is -2.85. The molecular weight excluding hydrogens is 431 g/mol. The number of para-hydroxylation sites is 1. The molecule has 0 amide bonds. The number of rotatable bonds is 6. The highest BCUT2D eigenvalue weighted by molar-refractivity contribution is 5.85. The molecule has 11 heteroatoms. The van der Waals surface area contributed by atoms with Gasteiger partial charge in [-0.15, -0.1) is 0 Å². The number of aromatic nitrogens is 2. The van der Waals surface area contributed by atoms with Crippen LogP contribution in [0.4, 0.5) is 13.2 Å². The number of piperidine rings is 1. The third-order valence-corrected chi connectivity index (χ3v) is 4.80. The Morgan fingerprint density at radius 2 is 1.81 bits per heavy atom. The molecule has 32 heavy (non-hydrogen) atoms. The molecule has 8 nitrogen and oxygen atoms in total. The Hall–Kier alpha value is -3.34. The van der Waals surface area contributed by atoms with E-state index >= 15 is 0 Å². The largest absolute Gasteiger partial charge is 0.496 e. The third-order valence-electron chi connectivity index (χ3n) is 4.80. The Balaban J connectivity index is 0.000000451. The molecule has 2 heterocycles. The van der Waals surface area contributed by atoms with Crippen LogP contribution in [0.15, 0.2) is 42.6 Å². The van der Waals surface area contributed by atoms with Crippen LogP contribution in [0.2, 0.25) is 0 Å². The van der Waals surface area contributed by atoms with Gasteiger partial charge in [-0.1, -0.05) is 30.4 Å². The Morgan fingerprint density at radius 1 is 1.19 bits per heavy atom. The number of alkyl halides is 3. The Morgan fingerprint density at radius 3 is 2.34 bits per heavy atom. The van der Waals surface area contributed by atoms with E-state index in [1.54, 1.807) is 24.1 Å². The molecule has 0 aliphatic carbocycles. The maximum Gasteiger partial charge on any atom is 0.490 e.